The smallest absolute Gasteiger partial charge is 0.225 e. The number of hydrogen-bond donors (Lipinski definition) is 0. The topological polar surface area (TPSA) is 66.6 Å². The first kappa shape index (κ1) is 19.5. The van der Waals surface area contributed by atoms with E-state index in [4.69, 9.17) is 16.6 Å². The molecule has 0 unspecified atom stereocenters. The number of carbonyl (C=O) groups is 1. The maximum Gasteiger partial charge on any atom is 0.225 e. The number of carbonyl (C=O) groups excluding carboxylic acids is 1. The van der Waals surface area contributed by atoms with E-state index in [0.29, 0.717) is 24.0 Å². The Morgan fingerprint density at radius 3 is 2.47 bits per heavy atom. The van der Waals surface area contributed by atoms with Crippen LogP contribution in [0.4, 0.5) is 5.95 Å². The molecule has 4 aromatic rings. The molecule has 32 heavy (non-hydrogen) atoms. The van der Waals surface area contributed by atoms with Crippen molar-refractivity contribution in [3.63, 3.8) is 0 Å². The summed E-state index contributed by atoms with van der Waals surface area (Å²) in [6.07, 6.45) is 2.07. The largest absolute Gasteiger partial charge is 0.339 e. The molecule has 7 nitrogen and oxygen atoms in total. The van der Waals surface area contributed by atoms with Gasteiger partial charge in [-0.2, -0.15) is 0 Å². The molecule has 6 rings (SSSR count). The molecule has 1 saturated carbocycles. The second kappa shape index (κ2) is 7.45. The van der Waals surface area contributed by atoms with Gasteiger partial charge in [-0.05, 0) is 38.0 Å². The minimum Gasteiger partial charge on any atom is -0.339 e. The van der Waals surface area contributed by atoms with Crippen LogP contribution in [0.5, 0.6) is 0 Å². The maximum absolute atomic E-state index is 12.5. The summed E-state index contributed by atoms with van der Waals surface area (Å²) in [4.78, 5) is 21.7. The summed E-state index contributed by atoms with van der Waals surface area (Å²) in [5, 5.41) is 10.6. The van der Waals surface area contributed by atoms with Crippen molar-refractivity contribution in [2.45, 2.75) is 19.8 Å². The first-order valence-electron chi connectivity index (χ1n) is 11.0. The molecule has 1 amide bonds. The molecule has 162 valence electrons. The monoisotopic (exact) mass is 446 g/mol. The summed E-state index contributed by atoms with van der Waals surface area (Å²) in [6, 6.07) is 14.0. The van der Waals surface area contributed by atoms with Crippen LogP contribution in [-0.4, -0.2) is 56.6 Å². The molecular weight excluding hydrogens is 424 g/mol. The zero-order valence-electron chi connectivity index (χ0n) is 17.8. The third-order valence-electron chi connectivity index (χ3n) is 6.39. The van der Waals surface area contributed by atoms with Gasteiger partial charge in [0.1, 0.15) is 0 Å². The second-order valence-electron chi connectivity index (χ2n) is 8.71. The third-order valence-corrected chi connectivity index (χ3v) is 6.63. The van der Waals surface area contributed by atoms with E-state index < -0.39 is 0 Å². The van der Waals surface area contributed by atoms with Crippen LogP contribution < -0.4 is 4.90 Å². The molecule has 2 aliphatic rings. The Labute approximate surface area is 190 Å². The van der Waals surface area contributed by atoms with E-state index in [2.05, 4.69) is 46.3 Å². The minimum absolute atomic E-state index is 0.250. The van der Waals surface area contributed by atoms with Gasteiger partial charge in [-0.15, -0.1) is 10.2 Å². The van der Waals surface area contributed by atoms with Gasteiger partial charge in [-0.3, -0.25) is 4.79 Å². The highest BCUT2D eigenvalue weighted by molar-refractivity contribution is 6.31. The van der Waals surface area contributed by atoms with Crippen molar-refractivity contribution in [2.75, 3.05) is 31.1 Å². The van der Waals surface area contributed by atoms with Gasteiger partial charge < -0.3 is 9.80 Å². The van der Waals surface area contributed by atoms with Crippen molar-refractivity contribution in [1.29, 1.82) is 0 Å². The summed E-state index contributed by atoms with van der Waals surface area (Å²) >= 11 is 6.27. The van der Waals surface area contributed by atoms with E-state index in [1.807, 2.05) is 27.5 Å². The molecule has 1 aliphatic carbocycles. The number of aryl methyl sites for hydroxylation is 1. The van der Waals surface area contributed by atoms with Crippen molar-refractivity contribution in [2.24, 2.45) is 5.92 Å². The summed E-state index contributed by atoms with van der Waals surface area (Å²) in [5.74, 6) is 2.10. The lowest BCUT2D eigenvalue weighted by atomic mass is 10.1. The molecule has 0 bridgehead atoms. The first-order valence-corrected chi connectivity index (χ1v) is 11.4. The zero-order chi connectivity index (χ0) is 21.8. The molecule has 1 saturated heterocycles. The number of nitrogens with zero attached hydrogens (tertiary/aromatic N) is 6. The van der Waals surface area contributed by atoms with Crippen LogP contribution in [0.2, 0.25) is 5.02 Å². The van der Waals surface area contributed by atoms with Crippen LogP contribution in [0, 0.1) is 12.8 Å². The number of piperazine rings is 1. The molecular formula is C24H23ClN6O. The summed E-state index contributed by atoms with van der Waals surface area (Å²) in [6.45, 7) is 4.91. The lowest BCUT2D eigenvalue weighted by molar-refractivity contribution is -0.132. The summed E-state index contributed by atoms with van der Waals surface area (Å²) < 4.78 is 2.04. The SMILES string of the molecule is Cc1ccc(-c2nnc3c4ccc(Cl)cc4nc(N4CCN(C(=O)C5CC5)CC4)n23)cc1. The molecule has 0 spiro atoms. The zero-order valence-corrected chi connectivity index (χ0v) is 18.6. The lowest BCUT2D eigenvalue weighted by Crippen LogP contribution is -2.50. The Kier molecular flexibility index (Phi) is 4.54. The minimum atomic E-state index is 0.250. The number of hydrogen-bond acceptors (Lipinski definition) is 5. The lowest BCUT2D eigenvalue weighted by Gasteiger charge is -2.35. The van der Waals surface area contributed by atoms with Crippen LogP contribution in [0.25, 0.3) is 27.9 Å². The third kappa shape index (κ3) is 3.28. The van der Waals surface area contributed by atoms with E-state index in [1.54, 1.807) is 0 Å². The van der Waals surface area contributed by atoms with E-state index in [1.165, 1.54) is 5.56 Å². The van der Waals surface area contributed by atoms with Crippen molar-refractivity contribution in [3.8, 4) is 11.4 Å². The Hall–Kier alpha value is -3.19. The number of rotatable bonds is 3. The fraction of sp³-hybridized carbons (Fsp3) is 0.333. The second-order valence-corrected chi connectivity index (χ2v) is 9.14. The number of amides is 1. The predicted molar refractivity (Wildman–Crippen MR) is 125 cm³/mol. The fourth-order valence-electron chi connectivity index (χ4n) is 4.41. The quantitative estimate of drug-likeness (QED) is 0.476. The highest BCUT2D eigenvalue weighted by Crippen LogP contribution is 2.33. The van der Waals surface area contributed by atoms with Gasteiger partial charge in [-0.1, -0.05) is 41.4 Å². The fourth-order valence-corrected chi connectivity index (χ4v) is 4.58. The van der Waals surface area contributed by atoms with Crippen LogP contribution >= 0.6 is 11.6 Å². The summed E-state index contributed by atoms with van der Waals surface area (Å²) in [5.41, 5.74) is 3.73. The van der Waals surface area contributed by atoms with Crippen LogP contribution in [0.15, 0.2) is 42.5 Å². The van der Waals surface area contributed by atoms with Gasteiger partial charge >= 0.3 is 0 Å². The molecule has 2 aromatic heterocycles. The number of fused-ring (bicyclic) bond motifs is 3. The number of anilines is 1. The van der Waals surface area contributed by atoms with Crippen LogP contribution in [0.3, 0.4) is 0 Å². The van der Waals surface area contributed by atoms with Gasteiger partial charge in [0.25, 0.3) is 0 Å². The van der Waals surface area contributed by atoms with Gasteiger partial charge in [0.05, 0.1) is 5.52 Å². The van der Waals surface area contributed by atoms with Crippen molar-refractivity contribution in [1.82, 2.24) is 24.5 Å². The predicted octanol–water partition coefficient (Wildman–Crippen LogP) is 3.96. The average Bonchev–Trinajstić information content (AvgIpc) is 3.57. The number of aromatic nitrogens is 4. The van der Waals surface area contributed by atoms with E-state index in [9.17, 15) is 4.79 Å². The molecule has 3 heterocycles. The Morgan fingerprint density at radius 2 is 1.75 bits per heavy atom. The molecule has 2 aromatic carbocycles. The van der Waals surface area contributed by atoms with Crippen molar-refractivity contribution < 1.29 is 4.79 Å². The normalized spacial score (nSPS) is 16.8. The molecule has 0 N–H and O–H groups in total. The van der Waals surface area contributed by atoms with E-state index in [-0.39, 0.29) is 5.92 Å². The number of benzene rings is 2. The Bertz CT molecular complexity index is 1340. The maximum atomic E-state index is 12.5. The van der Waals surface area contributed by atoms with E-state index >= 15 is 0 Å². The van der Waals surface area contributed by atoms with Crippen LogP contribution in [0.1, 0.15) is 18.4 Å². The standard InChI is InChI=1S/C24H23ClN6O/c1-15-2-4-16(5-3-15)21-27-28-22-19-9-8-18(25)14-20(19)26-24(31(21)22)30-12-10-29(11-13-30)23(32)17-6-7-17/h2-5,8-9,14,17H,6-7,10-13H2,1H3. The Balaban J connectivity index is 1.46. The Morgan fingerprint density at radius 1 is 1.00 bits per heavy atom. The first-order chi connectivity index (χ1) is 15.6. The van der Waals surface area contributed by atoms with Crippen molar-refractivity contribution in [3.05, 3.63) is 53.1 Å². The van der Waals surface area contributed by atoms with Gasteiger partial charge in [0.2, 0.25) is 11.9 Å². The number of halogens is 1. The molecule has 0 atom stereocenters. The van der Waals surface area contributed by atoms with E-state index in [0.717, 1.165) is 59.8 Å². The molecule has 8 heteroatoms. The highest BCUT2D eigenvalue weighted by atomic mass is 35.5. The van der Waals surface area contributed by atoms with Crippen molar-refractivity contribution >= 4 is 40.0 Å². The van der Waals surface area contributed by atoms with Crippen LogP contribution in [-0.2, 0) is 4.79 Å². The van der Waals surface area contributed by atoms with Gasteiger partial charge in [0, 0.05) is 48.1 Å². The average molecular weight is 447 g/mol. The molecule has 1 aliphatic heterocycles. The highest BCUT2D eigenvalue weighted by Gasteiger charge is 2.35. The summed E-state index contributed by atoms with van der Waals surface area (Å²) in [7, 11) is 0. The van der Waals surface area contributed by atoms with Gasteiger partial charge in [-0.25, -0.2) is 9.38 Å². The van der Waals surface area contributed by atoms with Gasteiger partial charge in [0.15, 0.2) is 11.5 Å². The molecule has 0 radical (unpaired) electrons. The molecule has 2 fully saturated rings.